The van der Waals surface area contributed by atoms with Gasteiger partial charge in [0.1, 0.15) is 24.4 Å². The third-order valence-corrected chi connectivity index (χ3v) is 14.5. The van der Waals surface area contributed by atoms with Gasteiger partial charge in [0.05, 0.1) is 25.4 Å². The van der Waals surface area contributed by atoms with E-state index >= 15 is 0 Å². The summed E-state index contributed by atoms with van der Waals surface area (Å²) in [6, 6.07) is -0.831. The van der Waals surface area contributed by atoms with Gasteiger partial charge in [-0.1, -0.05) is 277 Å². The molecule has 9 nitrogen and oxygen atoms in total. The molecule has 0 saturated carbocycles. The first kappa shape index (κ1) is 73.6. The zero-order valence-corrected chi connectivity index (χ0v) is 50.3. The normalized spacial score (nSPS) is 19.4. The number of hydrogen-bond donors (Lipinski definition) is 6. The Kier molecular flexibility index (Phi) is 53.9. The van der Waals surface area contributed by atoms with Gasteiger partial charge >= 0.3 is 0 Å². The average molecular weight is 1100 g/mol. The van der Waals surface area contributed by atoms with Crippen molar-refractivity contribution in [3.8, 4) is 0 Å². The molecule has 0 bridgehead atoms. The number of aliphatic hydroxyl groups is 5. The molecule has 7 unspecified atom stereocenters. The van der Waals surface area contributed by atoms with E-state index in [2.05, 4.69) is 129 Å². The zero-order valence-electron chi connectivity index (χ0n) is 50.3. The molecule has 0 spiro atoms. The lowest BCUT2D eigenvalue weighted by molar-refractivity contribution is -0.302. The zero-order chi connectivity index (χ0) is 57.2. The molecule has 7 atom stereocenters. The van der Waals surface area contributed by atoms with Gasteiger partial charge in [0, 0.05) is 6.42 Å². The molecule has 79 heavy (non-hydrogen) atoms. The second-order valence-corrected chi connectivity index (χ2v) is 21.8. The van der Waals surface area contributed by atoms with Crippen LogP contribution in [0.5, 0.6) is 0 Å². The van der Waals surface area contributed by atoms with Gasteiger partial charge in [-0.25, -0.2) is 0 Å². The Balaban J connectivity index is 2.17. The van der Waals surface area contributed by atoms with Gasteiger partial charge in [-0.3, -0.25) is 4.79 Å². The first-order valence-corrected chi connectivity index (χ1v) is 32.3. The lowest BCUT2D eigenvalue weighted by Gasteiger charge is -2.40. The van der Waals surface area contributed by atoms with Crippen LogP contribution in [-0.4, -0.2) is 87.5 Å². The summed E-state index contributed by atoms with van der Waals surface area (Å²) in [5, 5.41) is 54.6. The molecule has 1 aliphatic rings. The number of allylic oxidation sites excluding steroid dienone is 19. The second kappa shape index (κ2) is 57.8. The van der Waals surface area contributed by atoms with Crippen LogP contribution in [-0.2, 0) is 14.3 Å². The first-order chi connectivity index (χ1) is 38.8. The Morgan fingerprint density at radius 3 is 1.22 bits per heavy atom. The van der Waals surface area contributed by atoms with Crippen molar-refractivity contribution >= 4 is 5.91 Å². The quantitative estimate of drug-likeness (QED) is 0.0261. The standard InChI is InChI=1S/C70H119NO8/c1-3-5-7-9-11-13-15-17-19-21-23-24-25-26-27-28-29-30-31-32-33-34-35-36-37-38-39-40-42-44-46-48-50-52-54-56-58-60-66(74)71-63(62-78-70-69(77)68(76)67(75)65(61-72)79-70)64(73)59-57-55-53-51-49-47-45-43-41-22-20-18-16-14-12-10-8-6-4-2/h5,7,11,13,17,19,23-24,26-27,29-30,32-33,35-36,49,51,57,59,63-65,67-70,72-73,75-77H,3-4,6,8-10,12,14-16,18,20-22,25,28,31,34,37-48,50,52-56,58,60-62H2,1-2H3,(H,71,74)/b7-5-,13-11-,19-17-,24-23-,27-26-,30-29-,33-32-,36-35-,51-49+,59-57+. The number of aliphatic hydroxyl groups excluding tert-OH is 5. The molecule has 0 aromatic heterocycles. The van der Waals surface area contributed by atoms with Gasteiger partial charge < -0.3 is 40.3 Å². The molecule has 0 aromatic carbocycles. The molecule has 1 saturated heterocycles. The molecular weight excluding hydrogens is 983 g/mol. The molecule has 1 rings (SSSR count). The van der Waals surface area contributed by atoms with Crippen molar-refractivity contribution in [1.82, 2.24) is 5.32 Å². The monoisotopic (exact) mass is 1100 g/mol. The molecule has 9 heteroatoms. The summed E-state index contributed by atoms with van der Waals surface area (Å²) < 4.78 is 11.3. The van der Waals surface area contributed by atoms with Crippen molar-refractivity contribution < 1.29 is 39.8 Å². The number of unbranched alkanes of at least 4 members (excludes halogenated alkanes) is 26. The van der Waals surface area contributed by atoms with Gasteiger partial charge in [-0.2, -0.15) is 0 Å². The van der Waals surface area contributed by atoms with Crippen molar-refractivity contribution in [1.29, 1.82) is 0 Å². The van der Waals surface area contributed by atoms with E-state index in [1.165, 1.54) is 148 Å². The fourth-order valence-corrected chi connectivity index (χ4v) is 9.48. The van der Waals surface area contributed by atoms with Crippen LogP contribution in [0.1, 0.15) is 258 Å². The van der Waals surface area contributed by atoms with Crippen LogP contribution < -0.4 is 5.32 Å². The lowest BCUT2D eigenvalue weighted by atomic mass is 9.99. The maximum Gasteiger partial charge on any atom is 0.220 e. The van der Waals surface area contributed by atoms with E-state index < -0.39 is 49.5 Å². The van der Waals surface area contributed by atoms with Crippen LogP contribution in [0, 0.1) is 0 Å². The van der Waals surface area contributed by atoms with E-state index in [0.29, 0.717) is 6.42 Å². The summed E-state index contributed by atoms with van der Waals surface area (Å²) in [6.45, 7) is 3.65. The number of amides is 1. The fourth-order valence-electron chi connectivity index (χ4n) is 9.48. The fraction of sp³-hybridized carbons (Fsp3) is 0.700. The molecule has 1 amide bonds. The van der Waals surface area contributed by atoms with Crippen molar-refractivity contribution in [2.45, 2.75) is 301 Å². The van der Waals surface area contributed by atoms with E-state index in [1.807, 2.05) is 6.08 Å². The average Bonchev–Trinajstić information content (AvgIpc) is 3.46. The minimum absolute atomic E-state index is 0.192. The lowest BCUT2D eigenvalue weighted by Crippen LogP contribution is -2.60. The van der Waals surface area contributed by atoms with E-state index in [0.717, 1.165) is 89.9 Å². The van der Waals surface area contributed by atoms with Crippen molar-refractivity contribution in [3.05, 3.63) is 122 Å². The highest BCUT2D eigenvalue weighted by Gasteiger charge is 2.44. The minimum atomic E-state index is -1.58. The summed E-state index contributed by atoms with van der Waals surface area (Å²) in [4.78, 5) is 13.1. The molecule has 1 aliphatic heterocycles. The summed E-state index contributed by atoms with van der Waals surface area (Å²) in [5.41, 5.74) is 0. The van der Waals surface area contributed by atoms with Gasteiger partial charge in [-0.05, 0) is 96.3 Å². The summed E-state index contributed by atoms with van der Waals surface area (Å²) in [6.07, 6.45) is 79.9. The summed E-state index contributed by atoms with van der Waals surface area (Å²) >= 11 is 0. The predicted molar refractivity (Wildman–Crippen MR) is 336 cm³/mol. The molecule has 6 N–H and O–H groups in total. The maximum absolute atomic E-state index is 13.1. The Bertz CT molecular complexity index is 1660. The van der Waals surface area contributed by atoms with Crippen LogP contribution in [0.4, 0.5) is 0 Å². The van der Waals surface area contributed by atoms with E-state index in [1.54, 1.807) is 6.08 Å². The number of rotatable bonds is 54. The first-order valence-electron chi connectivity index (χ1n) is 32.3. The SMILES string of the molecule is CC/C=C\C/C=C\C/C=C\C/C=C\C/C=C\C/C=C\C/C=C\C/C=C\CCCCCCCCCCCCCCC(=O)NC(COC1OC(CO)C(O)C(O)C1O)C(O)/C=C/CC/C=C/CCCCCCCCCCCCCCC. The van der Waals surface area contributed by atoms with Crippen molar-refractivity contribution in [2.24, 2.45) is 0 Å². The third kappa shape index (κ3) is 46.9. The van der Waals surface area contributed by atoms with Crippen LogP contribution in [0.15, 0.2) is 122 Å². The second-order valence-electron chi connectivity index (χ2n) is 21.8. The summed E-state index contributed by atoms with van der Waals surface area (Å²) in [5.74, 6) is -0.192. The van der Waals surface area contributed by atoms with E-state index in [9.17, 15) is 30.3 Å². The topological polar surface area (TPSA) is 149 Å². The van der Waals surface area contributed by atoms with Crippen LogP contribution in [0.25, 0.3) is 0 Å². The van der Waals surface area contributed by atoms with Gasteiger partial charge in [-0.15, -0.1) is 0 Å². The number of carbonyl (C=O) groups excluding carboxylic acids is 1. The number of carbonyl (C=O) groups is 1. The van der Waals surface area contributed by atoms with Gasteiger partial charge in [0.2, 0.25) is 5.91 Å². The van der Waals surface area contributed by atoms with Crippen LogP contribution in [0.3, 0.4) is 0 Å². The minimum Gasteiger partial charge on any atom is -0.394 e. The molecule has 1 heterocycles. The Labute approximate surface area is 484 Å². The van der Waals surface area contributed by atoms with Crippen molar-refractivity contribution in [3.63, 3.8) is 0 Å². The highest BCUT2D eigenvalue weighted by molar-refractivity contribution is 5.76. The number of ether oxygens (including phenoxy) is 2. The van der Waals surface area contributed by atoms with Crippen LogP contribution >= 0.6 is 0 Å². The molecule has 0 radical (unpaired) electrons. The highest BCUT2D eigenvalue weighted by Crippen LogP contribution is 2.23. The molecule has 0 aliphatic carbocycles. The maximum atomic E-state index is 13.1. The van der Waals surface area contributed by atoms with Crippen LogP contribution in [0.2, 0.25) is 0 Å². The van der Waals surface area contributed by atoms with E-state index in [4.69, 9.17) is 9.47 Å². The molecular formula is C70H119NO8. The van der Waals surface area contributed by atoms with Gasteiger partial charge in [0.15, 0.2) is 6.29 Å². The largest absolute Gasteiger partial charge is 0.394 e. The smallest absolute Gasteiger partial charge is 0.220 e. The van der Waals surface area contributed by atoms with Gasteiger partial charge in [0.25, 0.3) is 0 Å². The number of nitrogens with one attached hydrogen (secondary N) is 1. The highest BCUT2D eigenvalue weighted by atomic mass is 16.7. The Morgan fingerprint density at radius 1 is 0.443 bits per heavy atom. The Hall–Kier alpha value is -3.41. The van der Waals surface area contributed by atoms with Crippen molar-refractivity contribution in [2.75, 3.05) is 13.2 Å². The summed E-state index contributed by atoms with van der Waals surface area (Å²) in [7, 11) is 0. The third-order valence-electron chi connectivity index (χ3n) is 14.5. The predicted octanol–water partition coefficient (Wildman–Crippen LogP) is 17.1. The number of hydrogen-bond acceptors (Lipinski definition) is 8. The van der Waals surface area contributed by atoms with E-state index in [-0.39, 0.29) is 12.5 Å². The molecule has 0 aromatic rings. The molecule has 452 valence electrons. The molecule has 1 fully saturated rings. The Morgan fingerprint density at radius 2 is 0.797 bits per heavy atom.